The van der Waals surface area contributed by atoms with Crippen LogP contribution in [0.5, 0.6) is 0 Å². The molecule has 2 N–H and O–H groups in total. The molecule has 4 rings (SSSR count). The van der Waals surface area contributed by atoms with Crippen molar-refractivity contribution in [2.75, 3.05) is 0 Å². The van der Waals surface area contributed by atoms with Crippen LogP contribution in [-0.4, -0.2) is 23.4 Å². The highest BCUT2D eigenvalue weighted by Crippen LogP contribution is 2.65. The third-order valence-electron chi connectivity index (χ3n) is 8.50. The molecule has 2 amide bonds. The van der Waals surface area contributed by atoms with Crippen LogP contribution >= 0.6 is 0 Å². The topological polar surface area (TPSA) is 58.2 Å². The molecule has 0 bridgehead atoms. The SMILES string of the molecule is CC(C)(C)NC(=O)[C@H]1CCC2[C@@H]3CC[C@H]4NC(=O)C=C[C@]4(C)[C@@H]3CC[C@@]21C. The van der Waals surface area contributed by atoms with Crippen molar-refractivity contribution in [3.8, 4) is 0 Å². The molecule has 0 saturated heterocycles. The van der Waals surface area contributed by atoms with Gasteiger partial charge in [-0.25, -0.2) is 0 Å². The summed E-state index contributed by atoms with van der Waals surface area (Å²) in [7, 11) is 0. The van der Waals surface area contributed by atoms with Crippen molar-refractivity contribution in [2.24, 2.45) is 34.5 Å². The fourth-order valence-corrected chi connectivity index (χ4v) is 7.22. The fourth-order valence-electron chi connectivity index (χ4n) is 7.22. The fraction of sp³-hybridized carbons (Fsp3) is 0.826. The molecule has 0 radical (unpaired) electrons. The van der Waals surface area contributed by atoms with E-state index >= 15 is 0 Å². The van der Waals surface area contributed by atoms with Gasteiger partial charge in [-0.3, -0.25) is 9.59 Å². The number of hydrogen-bond donors (Lipinski definition) is 2. The zero-order valence-electron chi connectivity index (χ0n) is 17.6. The van der Waals surface area contributed by atoms with Crippen LogP contribution in [0, 0.1) is 34.5 Å². The van der Waals surface area contributed by atoms with Gasteiger partial charge in [0.25, 0.3) is 0 Å². The molecule has 1 unspecified atom stereocenters. The Morgan fingerprint density at radius 2 is 1.85 bits per heavy atom. The van der Waals surface area contributed by atoms with Gasteiger partial charge in [0.05, 0.1) is 0 Å². The molecule has 4 heteroatoms. The molecule has 27 heavy (non-hydrogen) atoms. The highest BCUT2D eigenvalue weighted by atomic mass is 16.2. The smallest absolute Gasteiger partial charge is 0.243 e. The average molecular weight is 373 g/mol. The van der Waals surface area contributed by atoms with E-state index in [-0.39, 0.29) is 40.1 Å². The Bertz CT molecular complexity index is 678. The summed E-state index contributed by atoms with van der Waals surface area (Å²) in [6.45, 7) is 11.0. The Morgan fingerprint density at radius 3 is 2.56 bits per heavy atom. The first-order valence-electron chi connectivity index (χ1n) is 10.9. The standard InChI is InChI=1S/C23H36N2O2/c1-21(2,3)25-20(27)17-8-7-15-14-6-9-18-23(5,13-11-19(26)24-18)16(14)10-12-22(15,17)4/h11,13-18H,6-10,12H2,1-5H3,(H,24,26)(H,25,27)/t14-,15?,16+,17+,18+,22-,23+/m0/s1. The maximum atomic E-state index is 13.0. The molecule has 0 spiro atoms. The van der Waals surface area contributed by atoms with Gasteiger partial charge in [-0.05, 0) is 88.5 Å². The minimum Gasteiger partial charge on any atom is -0.351 e. The second-order valence-electron chi connectivity index (χ2n) is 11.1. The second kappa shape index (κ2) is 6.09. The van der Waals surface area contributed by atoms with Gasteiger partial charge < -0.3 is 10.6 Å². The normalized spacial score (nSPS) is 46.1. The van der Waals surface area contributed by atoms with Crippen molar-refractivity contribution in [1.29, 1.82) is 0 Å². The summed E-state index contributed by atoms with van der Waals surface area (Å²) in [6, 6.07) is 0.280. The second-order valence-corrected chi connectivity index (χ2v) is 11.1. The molecule has 1 heterocycles. The summed E-state index contributed by atoms with van der Waals surface area (Å²) in [5.74, 6) is 2.41. The average Bonchev–Trinajstić information content (AvgIpc) is 2.91. The van der Waals surface area contributed by atoms with E-state index in [0.717, 1.165) is 19.3 Å². The molecule has 0 aromatic rings. The Hall–Kier alpha value is -1.32. The van der Waals surface area contributed by atoms with Gasteiger partial charge in [-0.15, -0.1) is 0 Å². The Labute approximate surface area is 163 Å². The van der Waals surface area contributed by atoms with Crippen LogP contribution in [-0.2, 0) is 9.59 Å². The first-order valence-corrected chi connectivity index (χ1v) is 10.9. The predicted octanol–water partition coefficient (Wildman–Crippen LogP) is 3.81. The van der Waals surface area contributed by atoms with Crippen LogP contribution in [0.4, 0.5) is 0 Å². The summed E-state index contributed by atoms with van der Waals surface area (Å²) in [4.78, 5) is 24.9. The van der Waals surface area contributed by atoms with Crippen LogP contribution < -0.4 is 10.6 Å². The van der Waals surface area contributed by atoms with E-state index in [0.29, 0.717) is 17.8 Å². The summed E-state index contributed by atoms with van der Waals surface area (Å²) in [5, 5.41) is 6.48. The number of carbonyl (C=O) groups is 2. The van der Waals surface area contributed by atoms with Gasteiger partial charge in [0.2, 0.25) is 11.8 Å². The maximum Gasteiger partial charge on any atom is 0.243 e. The van der Waals surface area contributed by atoms with E-state index in [1.165, 1.54) is 19.3 Å². The zero-order valence-corrected chi connectivity index (χ0v) is 17.6. The summed E-state index contributed by atoms with van der Waals surface area (Å²) >= 11 is 0. The lowest BCUT2D eigenvalue weighted by atomic mass is 9.48. The van der Waals surface area contributed by atoms with Crippen molar-refractivity contribution in [3.05, 3.63) is 12.2 Å². The molecule has 4 aliphatic rings. The van der Waals surface area contributed by atoms with Gasteiger partial charge in [0.15, 0.2) is 0 Å². The summed E-state index contributed by atoms with van der Waals surface area (Å²) in [5.41, 5.74) is 0.0323. The van der Waals surface area contributed by atoms with Crippen molar-refractivity contribution < 1.29 is 9.59 Å². The summed E-state index contributed by atoms with van der Waals surface area (Å²) in [6.07, 6.45) is 10.7. The predicted molar refractivity (Wildman–Crippen MR) is 107 cm³/mol. The molecule has 0 aromatic heterocycles. The Morgan fingerprint density at radius 1 is 1.11 bits per heavy atom. The Balaban J connectivity index is 1.58. The third kappa shape index (κ3) is 2.94. The maximum absolute atomic E-state index is 13.0. The zero-order chi connectivity index (χ0) is 19.6. The Kier molecular flexibility index (Phi) is 4.29. The van der Waals surface area contributed by atoms with Crippen LogP contribution in [0.3, 0.4) is 0 Å². The highest BCUT2D eigenvalue weighted by Gasteiger charge is 2.60. The third-order valence-corrected chi connectivity index (χ3v) is 8.50. The monoisotopic (exact) mass is 372 g/mol. The first kappa shape index (κ1) is 19.0. The van der Waals surface area contributed by atoms with Crippen LogP contribution in [0.1, 0.15) is 73.1 Å². The lowest BCUT2D eigenvalue weighted by Gasteiger charge is -2.58. The van der Waals surface area contributed by atoms with E-state index in [9.17, 15) is 9.59 Å². The van der Waals surface area contributed by atoms with E-state index in [1.54, 1.807) is 6.08 Å². The highest BCUT2D eigenvalue weighted by molar-refractivity contribution is 5.89. The van der Waals surface area contributed by atoms with Gasteiger partial charge in [0, 0.05) is 22.9 Å². The van der Waals surface area contributed by atoms with Gasteiger partial charge in [0.1, 0.15) is 0 Å². The van der Waals surface area contributed by atoms with E-state index in [1.807, 2.05) is 0 Å². The minimum absolute atomic E-state index is 0.0661. The van der Waals surface area contributed by atoms with Gasteiger partial charge in [-0.1, -0.05) is 19.9 Å². The van der Waals surface area contributed by atoms with Crippen molar-refractivity contribution in [2.45, 2.75) is 84.7 Å². The summed E-state index contributed by atoms with van der Waals surface area (Å²) < 4.78 is 0. The molecule has 4 nitrogen and oxygen atoms in total. The van der Waals surface area contributed by atoms with Crippen molar-refractivity contribution in [3.63, 3.8) is 0 Å². The van der Waals surface area contributed by atoms with Crippen LogP contribution in [0.25, 0.3) is 0 Å². The molecule has 3 fully saturated rings. The molecule has 3 saturated carbocycles. The number of nitrogens with one attached hydrogen (secondary N) is 2. The molecule has 0 aromatic carbocycles. The van der Waals surface area contributed by atoms with E-state index in [2.05, 4.69) is 51.3 Å². The quantitative estimate of drug-likeness (QED) is 0.735. The number of carbonyl (C=O) groups excluding carboxylic acids is 2. The lowest BCUT2D eigenvalue weighted by Crippen LogP contribution is -2.59. The number of fused-ring (bicyclic) bond motifs is 5. The van der Waals surface area contributed by atoms with Crippen molar-refractivity contribution in [1.82, 2.24) is 10.6 Å². The van der Waals surface area contributed by atoms with Gasteiger partial charge >= 0.3 is 0 Å². The van der Waals surface area contributed by atoms with E-state index in [4.69, 9.17) is 0 Å². The lowest BCUT2D eigenvalue weighted by molar-refractivity contribution is -0.135. The largest absolute Gasteiger partial charge is 0.351 e. The number of amides is 2. The van der Waals surface area contributed by atoms with Crippen LogP contribution in [0.15, 0.2) is 12.2 Å². The van der Waals surface area contributed by atoms with E-state index < -0.39 is 0 Å². The van der Waals surface area contributed by atoms with Crippen LogP contribution in [0.2, 0.25) is 0 Å². The molecular weight excluding hydrogens is 336 g/mol. The molecule has 3 aliphatic carbocycles. The minimum atomic E-state index is -0.167. The molecule has 7 atom stereocenters. The number of rotatable bonds is 1. The first-order chi connectivity index (χ1) is 12.5. The number of hydrogen-bond acceptors (Lipinski definition) is 2. The molecule has 150 valence electrons. The molecular formula is C23H36N2O2. The molecule has 1 aliphatic heterocycles. The van der Waals surface area contributed by atoms with Crippen molar-refractivity contribution >= 4 is 11.8 Å². The van der Waals surface area contributed by atoms with Gasteiger partial charge in [-0.2, -0.15) is 0 Å².